The molecular weight excluding hydrogens is 442 g/mol. The topological polar surface area (TPSA) is 58.6 Å². The van der Waals surface area contributed by atoms with Crippen LogP contribution in [0.1, 0.15) is 84.4 Å². The van der Waals surface area contributed by atoms with Crippen molar-refractivity contribution >= 4 is 23.4 Å². The highest BCUT2D eigenvalue weighted by Gasteiger charge is 2.26. The average Bonchev–Trinajstić information content (AvgIpc) is 2.74. The van der Waals surface area contributed by atoms with Crippen LogP contribution in [0.25, 0.3) is 0 Å². The standard InChI is InChI=1S/C29H43NO3S/c1-8-9-16-33-23-14-12-22(13-15-23)30-26(31)20-34-17-10-11-21-18-24(28(2,3)4)27(32)25(19-21)29(5,6)7/h12-15,18-19,32H,8-11,16-17,20H2,1-7H3,(H,30,31). The molecule has 0 bridgehead atoms. The molecule has 0 fully saturated rings. The minimum Gasteiger partial charge on any atom is -0.507 e. The summed E-state index contributed by atoms with van der Waals surface area (Å²) in [5, 5.41) is 13.8. The quantitative estimate of drug-likeness (QED) is 0.324. The molecule has 2 N–H and O–H groups in total. The fraction of sp³-hybridized carbons (Fsp3) is 0.552. The first kappa shape index (κ1) is 28.1. The van der Waals surface area contributed by atoms with E-state index in [1.807, 2.05) is 24.3 Å². The third kappa shape index (κ3) is 8.90. The first-order valence-corrected chi connectivity index (χ1v) is 13.5. The van der Waals surface area contributed by atoms with Gasteiger partial charge in [-0.15, -0.1) is 0 Å². The smallest absolute Gasteiger partial charge is 0.234 e. The second kappa shape index (κ2) is 12.5. The summed E-state index contributed by atoms with van der Waals surface area (Å²) >= 11 is 1.65. The maximum absolute atomic E-state index is 12.3. The van der Waals surface area contributed by atoms with Crippen molar-refractivity contribution < 1.29 is 14.6 Å². The second-order valence-electron chi connectivity index (χ2n) is 11.0. The van der Waals surface area contributed by atoms with Gasteiger partial charge in [-0.2, -0.15) is 11.8 Å². The number of amides is 1. The number of ether oxygens (including phenoxy) is 1. The molecule has 34 heavy (non-hydrogen) atoms. The largest absolute Gasteiger partial charge is 0.507 e. The van der Waals surface area contributed by atoms with E-state index in [4.69, 9.17) is 4.74 Å². The lowest BCUT2D eigenvalue weighted by molar-refractivity contribution is -0.113. The number of aryl methyl sites for hydroxylation is 1. The molecule has 188 valence electrons. The Morgan fingerprint density at radius 3 is 2.09 bits per heavy atom. The minimum absolute atomic E-state index is 0.0133. The maximum Gasteiger partial charge on any atom is 0.234 e. The van der Waals surface area contributed by atoms with E-state index in [0.717, 1.165) is 60.6 Å². The molecule has 0 aliphatic heterocycles. The number of benzene rings is 2. The summed E-state index contributed by atoms with van der Waals surface area (Å²) in [6.07, 6.45) is 4.06. The molecule has 5 heteroatoms. The van der Waals surface area contributed by atoms with Gasteiger partial charge in [0, 0.05) is 5.69 Å². The zero-order chi connectivity index (χ0) is 25.4. The summed E-state index contributed by atoms with van der Waals surface area (Å²) in [5.41, 5.74) is 3.81. The first-order valence-electron chi connectivity index (χ1n) is 12.4. The number of carbonyl (C=O) groups is 1. The number of thioether (sulfide) groups is 1. The number of rotatable bonds is 11. The Bertz CT molecular complexity index is 889. The Labute approximate surface area is 210 Å². The average molecular weight is 486 g/mol. The van der Waals surface area contributed by atoms with E-state index >= 15 is 0 Å². The molecule has 0 aliphatic carbocycles. The van der Waals surface area contributed by atoms with Crippen LogP contribution in [0.15, 0.2) is 36.4 Å². The van der Waals surface area contributed by atoms with Crippen molar-refractivity contribution in [1.29, 1.82) is 0 Å². The Morgan fingerprint density at radius 2 is 1.56 bits per heavy atom. The Kier molecular flexibility index (Phi) is 10.4. The molecular formula is C29H43NO3S. The molecule has 0 saturated heterocycles. The third-order valence-electron chi connectivity index (χ3n) is 5.68. The monoisotopic (exact) mass is 485 g/mol. The van der Waals surface area contributed by atoms with E-state index in [9.17, 15) is 9.90 Å². The molecule has 0 spiro atoms. The fourth-order valence-electron chi connectivity index (χ4n) is 3.69. The number of unbranched alkanes of at least 4 members (excludes halogenated alkanes) is 1. The highest BCUT2D eigenvalue weighted by Crippen LogP contribution is 2.40. The summed E-state index contributed by atoms with van der Waals surface area (Å²) in [7, 11) is 0. The summed E-state index contributed by atoms with van der Waals surface area (Å²) in [4.78, 5) is 12.3. The Hall–Kier alpha value is -2.14. The van der Waals surface area contributed by atoms with E-state index < -0.39 is 0 Å². The Morgan fingerprint density at radius 1 is 0.971 bits per heavy atom. The second-order valence-corrected chi connectivity index (χ2v) is 12.1. The molecule has 0 aromatic heterocycles. The van der Waals surface area contributed by atoms with Crippen molar-refractivity contribution in [2.75, 3.05) is 23.4 Å². The van der Waals surface area contributed by atoms with Gasteiger partial charge in [-0.25, -0.2) is 0 Å². The van der Waals surface area contributed by atoms with Gasteiger partial charge < -0.3 is 15.2 Å². The number of carbonyl (C=O) groups excluding carboxylic acids is 1. The zero-order valence-corrected chi connectivity index (χ0v) is 22.9. The van der Waals surface area contributed by atoms with Crippen LogP contribution in [0, 0.1) is 0 Å². The number of phenolic OH excluding ortho intramolecular Hbond substituents is 1. The normalized spacial score (nSPS) is 12.0. The van der Waals surface area contributed by atoms with Gasteiger partial charge in [-0.3, -0.25) is 4.79 Å². The zero-order valence-electron chi connectivity index (χ0n) is 22.1. The lowest BCUT2D eigenvalue weighted by atomic mass is 9.78. The first-order chi connectivity index (χ1) is 15.9. The summed E-state index contributed by atoms with van der Waals surface area (Å²) in [6, 6.07) is 11.9. The summed E-state index contributed by atoms with van der Waals surface area (Å²) in [6.45, 7) is 15.7. The van der Waals surface area contributed by atoms with Gasteiger partial charge in [0.15, 0.2) is 0 Å². The molecule has 0 unspecified atom stereocenters. The van der Waals surface area contributed by atoms with Crippen molar-refractivity contribution in [1.82, 2.24) is 0 Å². The van der Waals surface area contributed by atoms with E-state index in [-0.39, 0.29) is 16.7 Å². The van der Waals surface area contributed by atoms with Crippen LogP contribution >= 0.6 is 11.8 Å². The molecule has 0 radical (unpaired) electrons. The van der Waals surface area contributed by atoms with Crippen molar-refractivity contribution in [3.63, 3.8) is 0 Å². The number of phenols is 1. The molecule has 0 atom stereocenters. The van der Waals surface area contributed by atoms with E-state index in [2.05, 4.69) is 65.9 Å². The number of nitrogens with one attached hydrogen (secondary N) is 1. The van der Waals surface area contributed by atoms with Crippen molar-refractivity contribution in [3.8, 4) is 11.5 Å². The van der Waals surface area contributed by atoms with Gasteiger partial charge in [0.1, 0.15) is 11.5 Å². The molecule has 0 saturated carbocycles. The van der Waals surface area contributed by atoms with Crippen LogP contribution in [0.5, 0.6) is 11.5 Å². The molecule has 2 rings (SSSR count). The van der Waals surface area contributed by atoms with Gasteiger partial charge in [-0.1, -0.05) is 67.0 Å². The molecule has 0 aliphatic rings. The third-order valence-corrected chi connectivity index (χ3v) is 6.72. The molecule has 2 aromatic carbocycles. The molecule has 0 heterocycles. The van der Waals surface area contributed by atoms with Crippen LogP contribution in [-0.2, 0) is 22.0 Å². The van der Waals surface area contributed by atoms with Crippen LogP contribution in [0.4, 0.5) is 5.69 Å². The predicted molar refractivity (Wildman–Crippen MR) is 147 cm³/mol. The highest BCUT2D eigenvalue weighted by molar-refractivity contribution is 7.99. The number of aromatic hydroxyl groups is 1. The van der Waals surface area contributed by atoms with Crippen LogP contribution in [0.3, 0.4) is 0 Å². The van der Waals surface area contributed by atoms with Gasteiger partial charge in [0.2, 0.25) is 5.91 Å². The number of hydrogen-bond donors (Lipinski definition) is 2. The summed E-state index contributed by atoms with van der Waals surface area (Å²) < 4.78 is 5.66. The lowest BCUT2D eigenvalue weighted by Crippen LogP contribution is -2.18. The SMILES string of the molecule is CCCCOc1ccc(NC(=O)CSCCCc2cc(C(C)(C)C)c(O)c(C(C)(C)C)c2)cc1. The van der Waals surface area contributed by atoms with Crippen LogP contribution in [-0.4, -0.2) is 29.1 Å². The van der Waals surface area contributed by atoms with Crippen molar-refractivity contribution in [2.24, 2.45) is 0 Å². The molecule has 2 aromatic rings. The Balaban J connectivity index is 1.83. The van der Waals surface area contributed by atoms with Crippen molar-refractivity contribution in [3.05, 3.63) is 53.1 Å². The number of hydrogen-bond acceptors (Lipinski definition) is 4. The van der Waals surface area contributed by atoms with E-state index in [1.165, 1.54) is 5.56 Å². The summed E-state index contributed by atoms with van der Waals surface area (Å²) in [5.74, 6) is 2.62. The van der Waals surface area contributed by atoms with Gasteiger partial charge in [-0.05, 0) is 76.8 Å². The van der Waals surface area contributed by atoms with Crippen molar-refractivity contribution in [2.45, 2.75) is 85.0 Å². The van der Waals surface area contributed by atoms with E-state index in [1.54, 1.807) is 11.8 Å². The highest BCUT2D eigenvalue weighted by atomic mass is 32.2. The maximum atomic E-state index is 12.3. The molecule has 1 amide bonds. The number of anilines is 1. The van der Waals surface area contributed by atoms with Gasteiger partial charge in [0.25, 0.3) is 0 Å². The van der Waals surface area contributed by atoms with Crippen LogP contribution in [0.2, 0.25) is 0 Å². The van der Waals surface area contributed by atoms with Gasteiger partial charge in [0.05, 0.1) is 12.4 Å². The minimum atomic E-state index is -0.118. The van der Waals surface area contributed by atoms with E-state index in [0.29, 0.717) is 11.5 Å². The lowest BCUT2D eigenvalue weighted by Gasteiger charge is -2.28. The molecule has 4 nitrogen and oxygen atoms in total. The fourth-order valence-corrected chi connectivity index (χ4v) is 4.44. The van der Waals surface area contributed by atoms with Gasteiger partial charge >= 0.3 is 0 Å². The predicted octanol–water partition coefficient (Wildman–Crippen LogP) is 7.47. The van der Waals surface area contributed by atoms with Crippen LogP contribution < -0.4 is 10.1 Å².